The molecule has 1 spiro atoms. The molecule has 15 heteroatoms. The molecule has 64 heavy (non-hydrogen) atoms. The lowest BCUT2D eigenvalue weighted by molar-refractivity contribution is -0.139. The van der Waals surface area contributed by atoms with Gasteiger partial charge in [0.1, 0.15) is 23.7 Å². The fourth-order valence-corrected chi connectivity index (χ4v) is 10.9. The van der Waals surface area contributed by atoms with Gasteiger partial charge in [-0.1, -0.05) is 58.0 Å². The zero-order valence-electron chi connectivity index (χ0n) is 37.0. The lowest BCUT2D eigenvalue weighted by Gasteiger charge is -2.37. The van der Waals surface area contributed by atoms with E-state index in [1.54, 1.807) is 6.20 Å². The Labute approximate surface area is 371 Å². The summed E-state index contributed by atoms with van der Waals surface area (Å²) in [6.45, 7) is 8.26. The lowest BCUT2D eigenvalue weighted by atomic mass is 9.95. The molecule has 4 fully saturated rings. The Hall–Kier alpha value is -6.51. The van der Waals surface area contributed by atoms with Crippen molar-refractivity contribution < 1.29 is 33.4 Å². The number of nitrogens with one attached hydrogen (secondary N) is 4. The highest BCUT2D eigenvalue weighted by Crippen LogP contribution is 2.58. The predicted octanol–water partition coefficient (Wildman–Crippen LogP) is 7.70. The van der Waals surface area contributed by atoms with Crippen molar-refractivity contribution in [3.63, 3.8) is 0 Å². The van der Waals surface area contributed by atoms with Crippen LogP contribution in [0.5, 0.6) is 0 Å². The summed E-state index contributed by atoms with van der Waals surface area (Å²) in [6.07, 6.45) is 6.23. The van der Waals surface area contributed by atoms with Crippen LogP contribution in [0.15, 0.2) is 60.8 Å². The van der Waals surface area contributed by atoms with Crippen molar-refractivity contribution in [3.8, 4) is 33.5 Å². The maximum absolute atomic E-state index is 14.2. The molecular formula is C49H54N8O7. The van der Waals surface area contributed by atoms with E-state index < -0.39 is 24.3 Å². The van der Waals surface area contributed by atoms with Crippen molar-refractivity contribution in [2.45, 2.75) is 96.4 Å². The number of hydrogen-bond donors (Lipinski definition) is 4. The van der Waals surface area contributed by atoms with Gasteiger partial charge in [0.15, 0.2) is 5.78 Å². The molecule has 6 atom stereocenters. The molecule has 5 aromatic rings. The first kappa shape index (κ1) is 41.5. The van der Waals surface area contributed by atoms with Crippen LogP contribution in [-0.4, -0.2) is 98.4 Å². The van der Waals surface area contributed by atoms with Gasteiger partial charge >= 0.3 is 12.2 Å². The highest BCUT2D eigenvalue weighted by molar-refractivity contribution is 6.22. The van der Waals surface area contributed by atoms with Crippen LogP contribution in [0.3, 0.4) is 0 Å². The molecule has 2 saturated carbocycles. The molecule has 2 bridgehead atoms. The van der Waals surface area contributed by atoms with Crippen molar-refractivity contribution >= 4 is 40.8 Å². The van der Waals surface area contributed by atoms with E-state index in [-0.39, 0.29) is 58.9 Å². The number of hydrogen-bond acceptors (Lipinski definition) is 9. The fraction of sp³-hybridized carbons (Fsp3) is 0.449. The number of nitrogens with zero attached hydrogens (tertiary/aromatic N) is 4. The van der Waals surface area contributed by atoms with Gasteiger partial charge in [0, 0.05) is 29.3 Å². The molecule has 4 N–H and O–H groups in total. The largest absolute Gasteiger partial charge is 0.453 e. The molecule has 332 valence electrons. The van der Waals surface area contributed by atoms with E-state index in [2.05, 4.69) is 20.6 Å². The van der Waals surface area contributed by atoms with Crippen LogP contribution in [0.2, 0.25) is 0 Å². The molecule has 15 nitrogen and oxygen atoms in total. The summed E-state index contributed by atoms with van der Waals surface area (Å²) in [5.74, 6) is 1.10. The van der Waals surface area contributed by atoms with Gasteiger partial charge in [-0.25, -0.2) is 19.6 Å². The molecule has 4 heterocycles. The molecular weight excluding hydrogens is 813 g/mol. The van der Waals surface area contributed by atoms with Gasteiger partial charge in [-0.2, -0.15) is 0 Å². The average molecular weight is 867 g/mol. The number of carbonyl (C=O) groups is 5. The van der Waals surface area contributed by atoms with Gasteiger partial charge in [-0.3, -0.25) is 14.4 Å². The molecule has 5 aliphatic rings. The summed E-state index contributed by atoms with van der Waals surface area (Å²) in [5.41, 5.74) is 8.08. The molecule has 10 rings (SSSR count). The fourth-order valence-electron chi connectivity index (χ4n) is 10.9. The van der Waals surface area contributed by atoms with Crippen LogP contribution in [0.25, 0.3) is 44.5 Å². The molecule has 2 saturated heterocycles. The Morgan fingerprint density at radius 2 is 1.39 bits per heavy atom. The van der Waals surface area contributed by atoms with E-state index in [9.17, 15) is 24.0 Å². The normalized spacial score (nSPS) is 22.3. The first-order valence-corrected chi connectivity index (χ1v) is 22.5. The summed E-state index contributed by atoms with van der Waals surface area (Å²) in [4.78, 5) is 87.2. The topological polar surface area (TPSA) is 192 Å². The standard InChI is InChI=1S/C49H54N8O7/c1-24(2)39(54-47(61)63-5)45(59)56-23-49(15-16-49)21-38(56)43-50-22-37(53-43)28-9-13-32-31-12-8-26(18-33(31)42(58)34(32)19-28)27-10-14-35-36(20-27)52-44(51-35)41-29-7-11-30(17-29)57(41)46(60)40(25(3)4)55-48(62)64-6/h8-10,12-14,18-20,22,24-25,29-30,38-41H,7,11,15-17,21,23H2,1-6H3,(H,50,53)(H,51,52)(H,54,61)(H,55,62)/t29-,30+,38-,39+,40-,41?/m0/s1. The second-order valence-corrected chi connectivity index (χ2v) is 19.2. The SMILES string of the molecule is COC(=O)N[C@H](C(=O)N1C(c2nc3ccc(-c4ccc5c(c4)C(=O)c4cc(-c6cnc([C@@H]7CC8(CC8)CN7C(=O)[C@H](NC(=O)OC)C(C)C)[nH]6)ccc4-5)cc3[nH]2)[C@H]2CC[C@@H]1C2)C(C)C. The summed E-state index contributed by atoms with van der Waals surface area (Å²) in [6, 6.07) is 16.1. The van der Waals surface area contributed by atoms with E-state index in [1.807, 2.05) is 92.1 Å². The van der Waals surface area contributed by atoms with Crippen LogP contribution < -0.4 is 10.6 Å². The number of rotatable bonds is 10. The zero-order chi connectivity index (χ0) is 44.8. The van der Waals surface area contributed by atoms with Crippen LogP contribution in [0.1, 0.15) is 106 Å². The van der Waals surface area contributed by atoms with Crippen molar-refractivity contribution in [2.24, 2.45) is 23.2 Å². The van der Waals surface area contributed by atoms with Crippen molar-refractivity contribution in [2.75, 3.05) is 20.8 Å². The smallest absolute Gasteiger partial charge is 0.407 e. The number of benzene rings is 3. The lowest BCUT2D eigenvalue weighted by Crippen LogP contribution is -2.54. The number of ether oxygens (including phenoxy) is 2. The van der Waals surface area contributed by atoms with Gasteiger partial charge in [0.25, 0.3) is 0 Å². The Kier molecular flexibility index (Phi) is 10.1. The number of amides is 4. The molecule has 0 radical (unpaired) electrons. The van der Waals surface area contributed by atoms with Gasteiger partial charge in [-0.15, -0.1) is 0 Å². The number of aromatic amines is 2. The van der Waals surface area contributed by atoms with Crippen LogP contribution in [0.4, 0.5) is 9.59 Å². The third-order valence-corrected chi connectivity index (χ3v) is 14.5. The van der Waals surface area contributed by atoms with E-state index in [4.69, 9.17) is 19.4 Å². The Balaban J connectivity index is 0.881. The van der Waals surface area contributed by atoms with Gasteiger partial charge in [0.2, 0.25) is 11.8 Å². The van der Waals surface area contributed by atoms with Gasteiger partial charge < -0.3 is 39.9 Å². The van der Waals surface area contributed by atoms with E-state index >= 15 is 0 Å². The minimum Gasteiger partial charge on any atom is -0.453 e. The highest BCUT2D eigenvalue weighted by atomic mass is 16.5. The van der Waals surface area contributed by atoms with Crippen molar-refractivity contribution in [3.05, 3.63) is 83.6 Å². The van der Waals surface area contributed by atoms with Gasteiger partial charge in [-0.05, 0) is 108 Å². The van der Waals surface area contributed by atoms with Crippen LogP contribution >= 0.6 is 0 Å². The molecule has 1 unspecified atom stereocenters. The number of likely N-dealkylation sites (tertiary alicyclic amines) is 2. The van der Waals surface area contributed by atoms with Gasteiger partial charge in [0.05, 0.1) is 49.2 Å². The Morgan fingerprint density at radius 1 is 0.766 bits per heavy atom. The number of piperidine rings is 1. The van der Waals surface area contributed by atoms with Crippen LogP contribution in [-0.2, 0) is 19.1 Å². The van der Waals surface area contributed by atoms with E-state index in [1.165, 1.54) is 14.2 Å². The number of methoxy groups -OCH3 is 2. The summed E-state index contributed by atoms with van der Waals surface area (Å²) in [7, 11) is 2.59. The number of imidazole rings is 2. The van der Waals surface area contributed by atoms with E-state index in [0.29, 0.717) is 23.5 Å². The highest BCUT2D eigenvalue weighted by Gasteiger charge is 2.55. The first-order valence-electron chi connectivity index (χ1n) is 22.5. The number of fused-ring (bicyclic) bond motifs is 6. The van der Waals surface area contributed by atoms with E-state index in [0.717, 1.165) is 88.9 Å². The third kappa shape index (κ3) is 6.99. The van der Waals surface area contributed by atoms with Crippen molar-refractivity contribution in [1.82, 2.24) is 40.4 Å². The summed E-state index contributed by atoms with van der Waals surface area (Å²) >= 11 is 0. The number of aromatic nitrogens is 4. The summed E-state index contributed by atoms with van der Waals surface area (Å²) < 4.78 is 9.67. The molecule has 3 aromatic carbocycles. The second kappa shape index (κ2) is 15.6. The first-order chi connectivity index (χ1) is 30.8. The predicted molar refractivity (Wildman–Crippen MR) is 238 cm³/mol. The monoisotopic (exact) mass is 866 g/mol. The Morgan fingerprint density at radius 3 is 2.05 bits per heavy atom. The molecule has 2 aromatic heterocycles. The average Bonchev–Trinajstić information content (AvgIpc) is 3.96. The van der Waals surface area contributed by atoms with Crippen LogP contribution in [0, 0.1) is 23.2 Å². The molecule has 4 amide bonds. The number of ketones is 1. The second-order valence-electron chi connectivity index (χ2n) is 19.2. The minimum absolute atomic E-state index is 0.0538. The third-order valence-electron chi connectivity index (χ3n) is 14.5. The maximum Gasteiger partial charge on any atom is 0.407 e. The number of carbonyl (C=O) groups excluding carboxylic acids is 5. The minimum atomic E-state index is -0.728. The molecule has 2 aliphatic heterocycles. The zero-order valence-corrected chi connectivity index (χ0v) is 37.0. The summed E-state index contributed by atoms with van der Waals surface area (Å²) in [5, 5.41) is 5.50. The molecule has 3 aliphatic carbocycles. The maximum atomic E-state index is 14.2. The number of alkyl carbamates (subject to hydrolysis) is 2. The Bertz CT molecular complexity index is 2730. The quantitative estimate of drug-likeness (QED) is 0.107. The number of H-pyrrole nitrogens is 2. The van der Waals surface area contributed by atoms with Crippen molar-refractivity contribution in [1.29, 1.82) is 0 Å².